The van der Waals surface area contributed by atoms with Crippen molar-refractivity contribution in [3.05, 3.63) is 23.0 Å². The molecule has 0 spiro atoms. The van der Waals surface area contributed by atoms with Crippen molar-refractivity contribution in [3.63, 3.8) is 0 Å². The van der Waals surface area contributed by atoms with Crippen LogP contribution in [0.25, 0.3) is 0 Å². The van der Waals surface area contributed by atoms with E-state index in [0.29, 0.717) is 6.42 Å². The van der Waals surface area contributed by atoms with Gasteiger partial charge in [0, 0.05) is 28.9 Å². The summed E-state index contributed by atoms with van der Waals surface area (Å²) in [5, 5.41) is -0.372. The second-order valence-corrected chi connectivity index (χ2v) is 8.24. The minimum absolute atomic E-state index is 0.108. The zero-order valence-corrected chi connectivity index (χ0v) is 13.4. The third-order valence-electron chi connectivity index (χ3n) is 2.75. The van der Waals surface area contributed by atoms with Crippen LogP contribution in [-0.4, -0.2) is 30.7 Å². The predicted molar refractivity (Wildman–Crippen MR) is 79.2 cm³/mol. The molecule has 9 heteroatoms. The summed E-state index contributed by atoms with van der Waals surface area (Å²) in [4.78, 5) is -0.275. The fraction of sp³-hybridized carbons (Fsp3) is 0.455. The van der Waals surface area contributed by atoms with E-state index in [-0.39, 0.29) is 27.4 Å². The van der Waals surface area contributed by atoms with Crippen molar-refractivity contribution < 1.29 is 17.0 Å². The van der Waals surface area contributed by atoms with Crippen LogP contribution in [0.4, 0.5) is 10.1 Å². The first kappa shape index (κ1) is 17.4. The van der Waals surface area contributed by atoms with Gasteiger partial charge in [0.2, 0.25) is 10.0 Å². The van der Waals surface area contributed by atoms with Crippen LogP contribution in [0.15, 0.2) is 17.0 Å². The molecule has 0 radical (unpaired) electrons. The highest BCUT2D eigenvalue weighted by atomic mass is 35.5. The molecule has 114 valence electrons. The van der Waals surface area contributed by atoms with Gasteiger partial charge >= 0.3 is 0 Å². The second kappa shape index (κ2) is 6.84. The summed E-state index contributed by atoms with van der Waals surface area (Å²) in [6, 6.07) is 1.83. The molecule has 0 amide bonds. The first-order valence-electron chi connectivity index (χ1n) is 5.71. The fourth-order valence-electron chi connectivity index (χ4n) is 1.39. The zero-order valence-electron chi connectivity index (χ0n) is 11.0. The van der Waals surface area contributed by atoms with Gasteiger partial charge < -0.3 is 5.73 Å². The molecule has 0 aliphatic heterocycles. The number of nitrogens with two attached hydrogens (primary N) is 1. The molecule has 0 fully saturated rings. The van der Waals surface area contributed by atoms with E-state index >= 15 is 0 Å². The van der Waals surface area contributed by atoms with Gasteiger partial charge in [0.15, 0.2) is 0 Å². The highest BCUT2D eigenvalue weighted by Crippen LogP contribution is 2.26. The second-order valence-electron chi connectivity index (χ2n) is 4.30. The summed E-state index contributed by atoms with van der Waals surface area (Å²) >= 11 is 5.71. The van der Waals surface area contributed by atoms with Crippen molar-refractivity contribution >= 4 is 38.1 Å². The highest BCUT2D eigenvalue weighted by Gasteiger charge is 2.20. The molecule has 0 saturated heterocycles. The van der Waals surface area contributed by atoms with Crippen LogP contribution in [0.2, 0.25) is 5.02 Å². The molecule has 1 rings (SSSR count). The van der Waals surface area contributed by atoms with Crippen LogP contribution in [-0.2, 0) is 20.8 Å². The summed E-state index contributed by atoms with van der Waals surface area (Å²) in [7, 11) is -4.90. The van der Waals surface area contributed by atoms with E-state index in [1.165, 1.54) is 0 Å². The van der Waals surface area contributed by atoms with Crippen molar-refractivity contribution in [1.82, 2.24) is 4.72 Å². The monoisotopic (exact) mass is 342 g/mol. The van der Waals surface area contributed by atoms with Crippen LogP contribution in [0, 0.1) is 5.82 Å². The third-order valence-corrected chi connectivity index (χ3v) is 6.04. The number of nitrogen functional groups attached to an aromatic ring is 1. The molecule has 2 atom stereocenters. The average Bonchev–Trinajstić information content (AvgIpc) is 2.33. The van der Waals surface area contributed by atoms with Gasteiger partial charge in [0.25, 0.3) is 0 Å². The largest absolute Gasteiger partial charge is 0.396 e. The Morgan fingerprint density at radius 3 is 2.65 bits per heavy atom. The maximum absolute atomic E-state index is 13.1. The Morgan fingerprint density at radius 2 is 2.10 bits per heavy atom. The third kappa shape index (κ3) is 4.41. The van der Waals surface area contributed by atoms with Gasteiger partial charge in [-0.15, -0.1) is 0 Å². The molecular weight excluding hydrogens is 327 g/mol. The van der Waals surface area contributed by atoms with Crippen molar-refractivity contribution in [2.75, 3.05) is 18.5 Å². The van der Waals surface area contributed by atoms with Crippen LogP contribution in [0.1, 0.15) is 13.3 Å². The van der Waals surface area contributed by atoms with Crippen LogP contribution < -0.4 is 10.5 Å². The lowest BCUT2D eigenvalue weighted by Gasteiger charge is -2.11. The number of rotatable bonds is 6. The summed E-state index contributed by atoms with van der Waals surface area (Å²) in [5.74, 6) is -0.774. The molecule has 1 aromatic rings. The smallest absolute Gasteiger partial charge is 0.242 e. The Kier molecular flexibility index (Phi) is 5.93. The van der Waals surface area contributed by atoms with Gasteiger partial charge in [-0.1, -0.05) is 18.5 Å². The normalized spacial score (nSPS) is 15.0. The Balaban J connectivity index is 2.85. The van der Waals surface area contributed by atoms with E-state index in [2.05, 4.69) is 4.72 Å². The standard InChI is InChI=1S/C11H16ClFN2O3S2/c1-7(19(2)16)3-4-15-20(17,18)11-6-10(14)9(13)5-8(11)12/h5-7,15H,3-4,14H2,1-2H3. The van der Waals surface area contributed by atoms with Crippen molar-refractivity contribution in [2.24, 2.45) is 0 Å². The molecular formula is C11H16ClFN2O3S2. The summed E-state index contributed by atoms with van der Waals surface area (Å²) in [6.45, 7) is 1.87. The molecule has 20 heavy (non-hydrogen) atoms. The maximum Gasteiger partial charge on any atom is 0.242 e. The number of hydrogen-bond donors (Lipinski definition) is 2. The lowest BCUT2D eigenvalue weighted by atomic mass is 10.3. The molecule has 1 aromatic carbocycles. The van der Waals surface area contributed by atoms with Gasteiger partial charge in [0.1, 0.15) is 10.7 Å². The van der Waals surface area contributed by atoms with E-state index in [1.807, 2.05) is 0 Å². The molecule has 0 saturated carbocycles. The minimum Gasteiger partial charge on any atom is -0.396 e. The Morgan fingerprint density at radius 1 is 1.50 bits per heavy atom. The van der Waals surface area contributed by atoms with E-state index in [9.17, 15) is 17.0 Å². The summed E-state index contributed by atoms with van der Waals surface area (Å²) in [6.07, 6.45) is 1.97. The lowest BCUT2D eigenvalue weighted by Crippen LogP contribution is -2.28. The summed E-state index contributed by atoms with van der Waals surface area (Å²) in [5.41, 5.74) is 5.04. The van der Waals surface area contributed by atoms with E-state index in [1.54, 1.807) is 13.2 Å². The van der Waals surface area contributed by atoms with E-state index in [0.717, 1.165) is 12.1 Å². The number of halogens is 2. The summed E-state index contributed by atoms with van der Waals surface area (Å²) < 4.78 is 50.7. The Bertz CT molecular complexity index is 622. The molecule has 0 heterocycles. The van der Waals surface area contributed by atoms with Crippen molar-refractivity contribution in [3.8, 4) is 0 Å². The Labute approximate surface area is 125 Å². The van der Waals surface area contributed by atoms with Crippen molar-refractivity contribution in [1.29, 1.82) is 0 Å². The SMILES string of the molecule is CC(CCNS(=O)(=O)c1cc(N)c(F)cc1Cl)S(C)=O. The molecule has 0 bridgehead atoms. The maximum atomic E-state index is 13.1. The first-order chi connectivity index (χ1) is 9.15. The number of nitrogens with one attached hydrogen (secondary N) is 1. The highest BCUT2D eigenvalue weighted by molar-refractivity contribution is 7.89. The molecule has 0 aliphatic carbocycles. The van der Waals surface area contributed by atoms with E-state index in [4.69, 9.17) is 17.3 Å². The average molecular weight is 343 g/mol. The molecule has 5 nitrogen and oxygen atoms in total. The molecule has 0 aliphatic rings. The van der Waals surface area contributed by atoms with Gasteiger partial charge in [-0.3, -0.25) is 4.21 Å². The zero-order chi connectivity index (χ0) is 15.5. The number of sulfonamides is 1. The molecule has 3 N–H and O–H groups in total. The number of hydrogen-bond acceptors (Lipinski definition) is 4. The lowest BCUT2D eigenvalue weighted by molar-refractivity contribution is 0.577. The minimum atomic E-state index is -3.88. The molecule has 0 aromatic heterocycles. The fourth-order valence-corrected chi connectivity index (χ4v) is 3.44. The van der Waals surface area contributed by atoms with Crippen LogP contribution in [0.3, 0.4) is 0 Å². The van der Waals surface area contributed by atoms with E-state index < -0.39 is 26.6 Å². The quantitative estimate of drug-likeness (QED) is 0.767. The van der Waals surface area contributed by atoms with Gasteiger partial charge in [-0.05, 0) is 18.6 Å². The first-order valence-corrected chi connectivity index (χ1v) is 9.20. The predicted octanol–water partition coefficient (Wildman–Crippen LogP) is 1.50. The molecule has 2 unspecified atom stereocenters. The van der Waals surface area contributed by atoms with Gasteiger partial charge in [-0.2, -0.15) is 0 Å². The van der Waals surface area contributed by atoms with Crippen LogP contribution >= 0.6 is 11.6 Å². The van der Waals surface area contributed by atoms with Crippen LogP contribution in [0.5, 0.6) is 0 Å². The Hall–Kier alpha value is -0.700. The van der Waals surface area contributed by atoms with Crippen molar-refractivity contribution in [2.45, 2.75) is 23.5 Å². The number of benzene rings is 1. The van der Waals surface area contributed by atoms with Gasteiger partial charge in [0.05, 0.1) is 10.7 Å². The number of anilines is 1. The topological polar surface area (TPSA) is 89.3 Å². The van der Waals surface area contributed by atoms with Gasteiger partial charge in [-0.25, -0.2) is 17.5 Å².